The summed E-state index contributed by atoms with van der Waals surface area (Å²) in [5, 5.41) is 8.64. The Labute approximate surface area is 141 Å². The molecule has 0 saturated carbocycles. The van der Waals surface area contributed by atoms with Gasteiger partial charge in [0.1, 0.15) is 6.61 Å². The van der Waals surface area contributed by atoms with E-state index < -0.39 is 11.9 Å². The number of benzene rings is 2. The second-order valence-electron chi connectivity index (χ2n) is 5.76. The standard InChI is InChI=1S/C19H20N2O3/c1-2-3-13-4-6-14(7-5-13)15-8-10-16(11-9-15)19-20-17(12-24-19)18(22)21-23/h4-11,17,23H,2-3,12H2,1H3,(H,21,22)/t17-/m1/s1. The summed E-state index contributed by atoms with van der Waals surface area (Å²) in [6.45, 7) is 2.32. The van der Waals surface area contributed by atoms with Gasteiger partial charge in [0.15, 0.2) is 6.04 Å². The third-order valence-electron chi connectivity index (χ3n) is 4.02. The second-order valence-corrected chi connectivity index (χ2v) is 5.76. The Balaban J connectivity index is 1.75. The minimum Gasteiger partial charge on any atom is -0.475 e. The van der Waals surface area contributed by atoms with Crippen LogP contribution < -0.4 is 5.48 Å². The fourth-order valence-electron chi connectivity index (χ4n) is 2.70. The van der Waals surface area contributed by atoms with E-state index in [1.807, 2.05) is 24.3 Å². The number of hydrogen-bond donors (Lipinski definition) is 2. The smallest absolute Gasteiger partial charge is 0.271 e. The molecule has 1 atom stereocenters. The van der Waals surface area contributed by atoms with E-state index in [4.69, 9.17) is 9.94 Å². The quantitative estimate of drug-likeness (QED) is 0.656. The van der Waals surface area contributed by atoms with E-state index in [1.54, 1.807) is 5.48 Å². The van der Waals surface area contributed by atoms with E-state index in [-0.39, 0.29) is 6.61 Å². The molecule has 0 radical (unpaired) electrons. The molecule has 2 aromatic carbocycles. The van der Waals surface area contributed by atoms with Gasteiger partial charge in [-0.3, -0.25) is 10.0 Å². The van der Waals surface area contributed by atoms with Crippen molar-refractivity contribution in [3.05, 3.63) is 59.7 Å². The number of amides is 1. The predicted octanol–water partition coefficient (Wildman–Crippen LogP) is 2.96. The Bertz CT molecular complexity index is 736. The second kappa shape index (κ2) is 7.27. The molecular formula is C19H20N2O3. The summed E-state index contributed by atoms with van der Waals surface area (Å²) in [4.78, 5) is 15.5. The molecule has 124 valence electrons. The number of aryl methyl sites for hydroxylation is 1. The van der Waals surface area contributed by atoms with Gasteiger partial charge in [0, 0.05) is 5.56 Å². The maximum Gasteiger partial charge on any atom is 0.271 e. The molecule has 0 aliphatic carbocycles. The van der Waals surface area contributed by atoms with E-state index in [9.17, 15) is 4.79 Å². The van der Waals surface area contributed by atoms with Gasteiger partial charge in [0.25, 0.3) is 5.91 Å². The first kappa shape index (κ1) is 16.2. The summed E-state index contributed by atoms with van der Waals surface area (Å²) in [5.41, 5.74) is 6.03. The number of carbonyl (C=O) groups is 1. The molecular weight excluding hydrogens is 304 g/mol. The summed E-state index contributed by atoms with van der Waals surface area (Å²) < 4.78 is 5.44. The van der Waals surface area contributed by atoms with Crippen molar-refractivity contribution in [2.45, 2.75) is 25.8 Å². The van der Waals surface area contributed by atoms with Crippen LogP contribution >= 0.6 is 0 Å². The van der Waals surface area contributed by atoms with E-state index in [0.29, 0.717) is 5.90 Å². The molecule has 0 bridgehead atoms. The fraction of sp³-hybridized carbons (Fsp3) is 0.263. The average molecular weight is 324 g/mol. The minimum atomic E-state index is -0.698. The lowest BCUT2D eigenvalue weighted by Crippen LogP contribution is -2.31. The van der Waals surface area contributed by atoms with Crippen LogP contribution in [0.2, 0.25) is 0 Å². The Morgan fingerprint density at radius 2 is 1.71 bits per heavy atom. The largest absolute Gasteiger partial charge is 0.475 e. The molecule has 3 rings (SSSR count). The van der Waals surface area contributed by atoms with Crippen LogP contribution in [0.1, 0.15) is 24.5 Å². The topological polar surface area (TPSA) is 70.9 Å². The van der Waals surface area contributed by atoms with Crippen LogP contribution in [0.5, 0.6) is 0 Å². The molecule has 24 heavy (non-hydrogen) atoms. The Morgan fingerprint density at radius 1 is 1.12 bits per heavy atom. The Hall–Kier alpha value is -2.66. The third-order valence-corrected chi connectivity index (χ3v) is 4.02. The van der Waals surface area contributed by atoms with Gasteiger partial charge in [0.2, 0.25) is 5.90 Å². The number of hydrogen-bond acceptors (Lipinski definition) is 4. The SMILES string of the molecule is CCCc1ccc(-c2ccc(C3=N[C@@H](C(=O)NO)CO3)cc2)cc1. The highest BCUT2D eigenvalue weighted by molar-refractivity contribution is 5.98. The van der Waals surface area contributed by atoms with Crippen LogP contribution in [0.15, 0.2) is 53.5 Å². The van der Waals surface area contributed by atoms with Crippen LogP contribution in [0.3, 0.4) is 0 Å². The van der Waals surface area contributed by atoms with Crippen molar-refractivity contribution in [2.75, 3.05) is 6.61 Å². The van der Waals surface area contributed by atoms with E-state index in [2.05, 4.69) is 36.2 Å². The van der Waals surface area contributed by atoms with Crippen LogP contribution in [0, 0.1) is 0 Å². The number of nitrogens with one attached hydrogen (secondary N) is 1. The lowest BCUT2D eigenvalue weighted by molar-refractivity contribution is -0.130. The van der Waals surface area contributed by atoms with Gasteiger partial charge in [-0.15, -0.1) is 0 Å². The summed E-state index contributed by atoms with van der Waals surface area (Å²) in [6, 6.07) is 15.8. The van der Waals surface area contributed by atoms with Gasteiger partial charge in [-0.2, -0.15) is 0 Å². The molecule has 5 nitrogen and oxygen atoms in total. The molecule has 0 saturated heterocycles. The molecule has 2 N–H and O–H groups in total. The average Bonchev–Trinajstić information content (AvgIpc) is 3.12. The van der Waals surface area contributed by atoms with E-state index in [0.717, 1.165) is 29.5 Å². The highest BCUT2D eigenvalue weighted by Crippen LogP contribution is 2.22. The van der Waals surface area contributed by atoms with Gasteiger partial charge in [-0.1, -0.05) is 49.7 Å². The van der Waals surface area contributed by atoms with Gasteiger partial charge in [0.05, 0.1) is 0 Å². The molecule has 0 spiro atoms. The van der Waals surface area contributed by atoms with Crippen molar-refractivity contribution in [1.82, 2.24) is 5.48 Å². The van der Waals surface area contributed by atoms with Crippen molar-refractivity contribution >= 4 is 11.8 Å². The molecule has 1 heterocycles. The molecule has 1 amide bonds. The van der Waals surface area contributed by atoms with Crippen LogP contribution in [-0.4, -0.2) is 29.7 Å². The Morgan fingerprint density at radius 3 is 2.29 bits per heavy atom. The lowest BCUT2D eigenvalue weighted by Gasteiger charge is -2.06. The van der Waals surface area contributed by atoms with Gasteiger partial charge < -0.3 is 4.74 Å². The summed E-state index contributed by atoms with van der Waals surface area (Å²) in [7, 11) is 0. The van der Waals surface area contributed by atoms with Gasteiger partial charge in [-0.25, -0.2) is 10.5 Å². The summed E-state index contributed by atoms with van der Waals surface area (Å²) in [6.07, 6.45) is 2.24. The fourth-order valence-corrected chi connectivity index (χ4v) is 2.70. The summed E-state index contributed by atoms with van der Waals surface area (Å²) in [5.74, 6) is -0.137. The lowest BCUT2D eigenvalue weighted by atomic mass is 10.0. The van der Waals surface area contributed by atoms with Crippen molar-refractivity contribution in [2.24, 2.45) is 4.99 Å². The molecule has 5 heteroatoms. The molecule has 0 aromatic heterocycles. The monoisotopic (exact) mass is 324 g/mol. The van der Waals surface area contributed by atoms with Crippen molar-refractivity contribution < 1.29 is 14.7 Å². The van der Waals surface area contributed by atoms with Crippen LogP contribution in [-0.2, 0) is 16.0 Å². The van der Waals surface area contributed by atoms with Gasteiger partial charge >= 0.3 is 0 Å². The number of carbonyl (C=O) groups excluding carboxylic acids is 1. The highest BCUT2D eigenvalue weighted by atomic mass is 16.5. The zero-order valence-electron chi connectivity index (χ0n) is 13.5. The predicted molar refractivity (Wildman–Crippen MR) is 92.1 cm³/mol. The summed E-state index contributed by atoms with van der Waals surface area (Å²) >= 11 is 0. The molecule has 2 aromatic rings. The molecule has 0 fully saturated rings. The van der Waals surface area contributed by atoms with Crippen LogP contribution in [0.4, 0.5) is 0 Å². The zero-order valence-corrected chi connectivity index (χ0v) is 13.5. The number of nitrogens with zero attached hydrogens (tertiary/aromatic N) is 1. The van der Waals surface area contributed by atoms with E-state index in [1.165, 1.54) is 5.56 Å². The first-order chi connectivity index (χ1) is 11.7. The highest BCUT2D eigenvalue weighted by Gasteiger charge is 2.26. The third kappa shape index (κ3) is 3.46. The molecule has 1 aliphatic rings. The first-order valence-corrected chi connectivity index (χ1v) is 8.05. The maximum atomic E-state index is 11.4. The first-order valence-electron chi connectivity index (χ1n) is 8.05. The zero-order chi connectivity index (χ0) is 16.9. The minimum absolute atomic E-state index is 0.141. The maximum absolute atomic E-state index is 11.4. The number of hydroxylamine groups is 1. The number of aliphatic imine (C=N–C) groups is 1. The van der Waals surface area contributed by atoms with Gasteiger partial charge in [-0.05, 0) is 35.2 Å². The van der Waals surface area contributed by atoms with Crippen molar-refractivity contribution in [3.63, 3.8) is 0 Å². The molecule has 0 unspecified atom stereocenters. The van der Waals surface area contributed by atoms with Crippen molar-refractivity contribution in [1.29, 1.82) is 0 Å². The van der Waals surface area contributed by atoms with Crippen LogP contribution in [0.25, 0.3) is 11.1 Å². The Kier molecular flexibility index (Phi) is 4.91. The normalized spacial score (nSPS) is 16.4. The number of ether oxygens (including phenoxy) is 1. The van der Waals surface area contributed by atoms with Crippen molar-refractivity contribution in [3.8, 4) is 11.1 Å². The molecule has 1 aliphatic heterocycles. The van der Waals surface area contributed by atoms with E-state index >= 15 is 0 Å². The number of rotatable bonds is 5.